The highest BCUT2D eigenvalue weighted by Crippen LogP contribution is 2.27. The Labute approximate surface area is 146 Å². The quantitative estimate of drug-likeness (QED) is 0.924. The van der Waals surface area contributed by atoms with Gasteiger partial charge >= 0.3 is 6.03 Å². The van der Waals surface area contributed by atoms with E-state index in [9.17, 15) is 4.79 Å². The number of nitrogens with zero attached hydrogens (tertiary/aromatic N) is 3. The van der Waals surface area contributed by atoms with E-state index in [-0.39, 0.29) is 12.1 Å². The van der Waals surface area contributed by atoms with Crippen LogP contribution in [0.1, 0.15) is 12.0 Å². The molecule has 0 radical (unpaired) electrons. The summed E-state index contributed by atoms with van der Waals surface area (Å²) in [6.45, 7) is 3.27. The molecule has 0 aliphatic carbocycles. The number of aryl methyl sites for hydroxylation is 1. The summed E-state index contributed by atoms with van der Waals surface area (Å²) in [6, 6.07) is 3.71. The summed E-state index contributed by atoms with van der Waals surface area (Å²) in [4.78, 5) is 20.4. The Balaban J connectivity index is 1.60. The summed E-state index contributed by atoms with van der Waals surface area (Å²) in [5.74, 6) is 1.55. The van der Waals surface area contributed by atoms with Gasteiger partial charge in [0.2, 0.25) is 0 Å². The molecule has 1 saturated heterocycles. The monoisotopic (exact) mass is 346 g/mol. The number of carbonyl (C=O) groups excluding carboxylic acids is 1. The topological polar surface area (TPSA) is 57.7 Å². The first-order valence-electron chi connectivity index (χ1n) is 7.92. The summed E-state index contributed by atoms with van der Waals surface area (Å²) in [7, 11) is 3.87. The Bertz CT molecular complexity index is 716. The highest BCUT2D eigenvalue weighted by molar-refractivity contribution is 7.08. The average Bonchev–Trinajstić information content (AvgIpc) is 3.17. The molecule has 0 saturated carbocycles. The minimum atomic E-state index is -0.0679. The molecule has 2 aromatic rings. The number of urea groups is 1. The van der Waals surface area contributed by atoms with Crippen LogP contribution in [0.25, 0.3) is 0 Å². The van der Waals surface area contributed by atoms with Crippen LogP contribution < -0.4 is 15.0 Å². The van der Waals surface area contributed by atoms with Gasteiger partial charge in [0.1, 0.15) is 6.10 Å². The van der Waals surface area contributed by atoms with Crippen molar-refractivity contribution in [1.29, 1.82) is 0 Å². The standard InChI is InChI=1S/C17H22N4O2S/c1-12-10-24-11-14(12)19-17(22)21-8-6-13(9-21)23-15-5-4-7-18-16(15)20(2)3/h4-5,7,10-11,13H,6,8-9H2,1-3H3,(H,19,22)/t13-/m0/s1. The van der Waals surface area contributed by atoms with Crippen LogP contribution in [-0.4, -0.2) is 49.2 Å². The third-order valence-corrected chi connectivity index (χ3v) is 4.86. The van der Waals surface area contributed by atoms with Crippen molar-refractivity contribution >= 4 is 28.9 Å². The molecule has 2 amide bonds. The maximum Gasteiger partial charge on any atom is 0.322 e. The highest BCUT2D eigenvalue weighted by atomic mass is 32.1. The molecule has 0 unspecified atom stereocenters. The summed E-state index contributed by atoms with van der Waals surface area (Å²) >= 11 is 1.59. The van der Waals surface area contributed by atoms with Gasteiger partial charge in [-0.05, 0) is 30.0 Å². The Morgan fingerprint density at radius 1 is 1.46 bits per heavy atom. The number of carbonyl (C=O) groups is 1. The van der Waals surface area contributed by atoms with E-state index in [1.54, 1.807) is 22.4 Å². The van der Waals surface area contributed by atoms with Crippen molar-refractivity contribution in [2.75, 3.05) is 37.4 Å². The van der Waals surface area contributed by atoms with Crippen molar-refractivity contribution < 1.29 is 9.53 Å². The molecule has 128 valence electrons. The molecule has 1 aliphatic heterocycles. The van der Waals surface area contributed by atoms with Crippen LogP contribution in [0.4, 0.5) is 16.3 Å². The van der Waals surface area contributed by atoms with Gasteiger partial charge in [-0.2, -0.15) is 0 Å². The molecule has 0 aromatic carbocycles. The Kier molecular flexibility index (Phi) is 4.89. The lowest BCUT2D eigenvalue weighted by Gasteiger charge is -2.20. The molecule has 3 rings (SSSR count). The lowest BCUT2D eigenvalue weighted by molar-refractivity contribution is 0.195. The third-order valence-electron chi connectivity index (χ3n) is 4.00. The third kappa shape index (κ3) is 3.62. The van der Waals surface area contributed by atoms with Crippen molar-refractivity contribution in [3.05, 3.63) is 34.7 Å². The van der Waals surface area contributed by atoms with Gasteiger partial charge < -0.3 is 19.9 Å². The van der Waals surface area contributed by atoms with Crippen molar-refractivity contribution in [1.82, 2.24) is 9.88 Å². The van der Waals surface area contributed by atoms with Crippen LogP contribution in [0, 0.1) is 6.92 Å². The number of aromatic nitrogens is 1. The molecular weight excluding hydrogens is 324 g/mol. The van der Waals surface area contributed by atoms with Gasteiger partial charge in [-0.25, -0.2) is 9.78 Å². The normalized spacial score (nSPS) is 17.0. The molecule has 0 spiro atoms. The summed E-state index contributed by atoms with van der Waals surface area (Å²) in [5.41, 5.74) is 1.97. The van der Waals surface area contributed by atoms with Crippen molar-refractivity contribution in [3.8, 4) is 5.75 Å². The molecule has 1 atom stereocenters. The maximum absolute atomic E-state index is 12.4. The number of amides is 2. The van der Waals surface area contributed by atoms with Crippen LogP contribution in [-0.2, 0) is 0 Å². The molecule has 1 N–H and O–H groups in total. The second kappa shape index (κ2) is 7.09. The molecular formula is C17H22N4O2S. The fourth-order valence-corrected chi connectivity index (χ4v) is 3.46. The molecule has 2 aromatic heterocycles. The SMILES string of the molecule is Cc1cscc1NC(=O)N1CC[C@H](Oc2cccnc2N(C)C)C1. The van der Waals surface area contributed by atoms with E-state index >= 15 is 0 Å². The first kappa shape index (κ1) is 16.6. The van der Waals surface area contributed by atoms with Crippen LogP contribution in [0.15, 0.2) is 29.1 Å². The Morgan fingerprint density at radius 2 is 2.29 bits per heavy atom. The van der Waals surface area contributed by atoms with Crippen LogP contribution in [0.5, 0.6) is 5.75 Å². The lowest BCUT2D eigenvalue weighted by Crippen LogP contribution is -2.34. The minimum Gasteiger partial charge on any atom is -0.485 e. The molecule has 7 heteroatoms. The number of thiophene rings is 1. The number of hydrogen-bond donors (Lipinski definition) is 1. The van der Waals surface area contributed by atoms with Gasteiger partial charge in [0.15, 0.2) is 11.6 Å². The number of anilines is 2. The smallest absolute Gasteiger partial charge is 0.322 e. The van der Waals surface area contributed by atoms with Gasteiger partial charge in [0.05, 0.1) is 12.2 Å². The number of pyridine rings is 1. The minimum absolute atomic E-state index is 0.0118. The largest absolute Gasteiger partial charge is 0.485 e. The first-order valence-corrected chi connectivity index (χ1v) is 8.86. The Morgan fingerprint density at radius 3 is 3.00 bits per heavy atom. The number of ether oxygens (including phenoxy) is 1. The predicted octanol–water partition coefficient (Wildman–Crippen LogP) is 3.20. The molecule has 24 heavy (non-hydrogen) atoms. The van der Waals surface area contributed by atoms with E-state index in [2.05, 4.69) is 10.3 Å². The second-order valence-electron chi connectivity index (χ2n) is 6.09. The lowest BCUT2D eigenvalue weighted by atomic mass is 10.3. The van der Waals surface area contributed by atoms with E-state index in [1.807, 2.05) is 48.8 Å². The zero-order chi connectivity index (χ0) is 17.1. The molecule has 3 heterocycles. The Hall–Kier alpha value is -2.28. The molecule has 0 bridgehead atoms. The van der Waals surface area contributed by atoms with Crippen LogP contribution in [0.3, 0.4) is 0 Å². The fraction of sp³-hybridized carbons (Fsp3) is 0.412. The van der Waals surface area contributed by atoms with E-state index in [1.165, 1.54) is 0 Å². The average molecular weight is 346 g/mol. The molecule has 1 aliphatic rings. The summed E-state index contributed by atoms with van der Waals surface area (Å²) < 4.78 is 6.08. The van der Waals surface area contributed by atoms with Crippen molar-refractivity contribution in [2.45, 2.75) is 19.4 Å². The van der Waals surface area contributed by atoms with Gasteiger partial charge in [-0.1, -0.05) is 0 Å². The molecule has 1 fully saturated rings. The van der Waals surface area contributed by atoms with Gasteiger partial charge in [-0.3, -0.25) is 0 Å². The number of likely N-dealkylation sites (tertiary alicyclic amines) is 1. The number of nitrogens with one attached hydrogen (secondary N) is 1. The van der Waals surface area contributed by atoms with Crippen molar-refractivity contribution in [2.24, 2.45) is 0 Å². The van der Waals surface area contributed by atoms with E-state index in [4.69, 9.17) is 4.74 Å². The number of hydrogen-bond acceptors (Lipinski definition) is 5. The highest BCUT2D eigenvalue weighted by Gasteiger charge is 2.28. The van der Waals surface area contributed by atoms with E-state index in [0.717, 1.165) is 29.2 Å². The molecule has 6 nitrogen and oxygen atoms in total. The van der Waals surface area contributed by atoms with Crippen molar-refractivity contribution in [3.63, 3.8) is 0 Å². The maximum atomic E-state index is 12.4. The van der Waals surface area contributed by atoms with E-state index < -0.39 is 0 Å². The van der Waals surface area contributed by atoms with Gasteiger partial charge in [-0.15, -0.1) is 11.3 Å². The van der Waals surface area contributed by atoms with E-state index in [0.29, 0.717) is 13.1 Å². The zero-order valence-corrected chi connectivity index (χ0v) is 15.0. The van der Waals surface area contributed by atoms with Crippen LogP contribution >= 0.6 is 11.3 Å². The van der Waals surface area contributed by atoms with Gasteiger partial charge in [0, 0.05) is 38.6 Å². The summed E-state index contributed by atoms with van der Waals surface area (Å²) in [5, 5.41) is 6.95. The first-order chi connectivity index (χ1) is 11.5. The fourth-order valence-electron chi connectivity index (χ4n) is 2.68. The van der Waals surface area contributed by atoms with Crippen LogP contribution in [0.2, 0.25) is 0 Å². The summed E-state index contributed by atoms with van der Waals surface area (Å²) in [6.07, 6.45) is 2.56. The predicted molar refractivity (Wildman–Crippen MR) is 97.2 cm³/mol. The zero-order valence-electron chi connectivity index (χ0n) is 14.2. The number of rotatable bonds is 4. The second-order valence-corrected chi connectivity index (χ2v) is 6.84. The van der Waals surface area contributed by atoms with Gasteiger partial charge in [0.25, 0.3) is 0 Å².